The van der Waals surface area contributed by atoms with Crippen molar-refractivity contribution in [2.75, 3.05) is 6.54 Å². The van der Waals surface area contributed by atoms with E-state index in [9.17, 15) is 9.59 Å². The number of amides is 1. The average molecular weight is 322 g/mol. The van der Waals surface area contributed by atoms with Crippen LogP contribution in [0.25, 0.3) is 10.2 Å². The Bertz CT molecular complexity index is 695. The Balaban J connectivity index is 2.04. The van der Waals surface area contributed by atoms with Crippen LogP contribution in [-0.4, -0.2) is 27.5 Å². The third kappa shape index (κ3) is 3.36. The van der Waals surface area contributed by atoms with E-state index < -0.39 is 0 Å². The highest BCUT2D eigenvalue weighted by molar-refractivity contribution is 7.16. The minimum absolute atomic E-state index is 0.0912. The molecule has 0 unspecified atom stereocenters. The lowest BCUT2D eigenvalue weighted by atomic mass is 9.93. The Kier molecular flexibility index (Phi) is 5.31. The van der Waals surface area contributed by atoms with Gasteiger partial charge in [-0.2, -0.15) is 0 Å². The van der Waals surface area contributed by atoms with Crippen LogP contribution in [0.5, 0.6) is 0 Å². The van der Waals surface area contributed by atoms with Gasteiger partial charge >= 0.3 is 0 Å². The summed E-state index contributed by atoms with van der Waals surface area (Å²) in [6.45, 7) is 4.75. The van der Waals surface area contributed by atoms with Crippen molar-refractivity contribution in [3.8, 4) is 0 Å². The summed E-state index contributed by atoms with van der Waals surface area (Å²) in [4.78, 5) is 29.3. The Morgan fingerprint density at radius 1 is 1.45 bits per heavy atom. The molecule has 2 aromatic heterocycles. The summed E-state index contributed by atoms with van der Waals surface area (Å²) in [5.74, 6) is -0.0912. The number of nitrogens with two attached hydrogens (primary N) is 1. The van der Waals surface area contributed by atoms with E-state index in [0.29, 0.717) is 18.5 Å². The topological polar surface area (TPSA) is 90.0 Å². The molecule has 6 nitrogen and oxygen atoms in total. The maximum absolute atomic E-state index is 12.2. The maximum atomic E-state index is 12.2. The van der Waals surface area contributed by atoms with Crippen LogP contribution < -0.4 is 16.6 Å². The molecule has 0 bridgehead atoms. The number of thiophene rings is 1. The summed E-state index contributed by atoms with van der Waals surface area (Å²) in [5.41, 5.74) is 5.33. The molecule has 120 valence electrons. The summed E-state index contributed by atoms with van der Waals surface area (Å²) in [6.07, 6.45) is 3.31. The SMILES string of the molecule is CCC(CC)(CN)NC(=O)CCn1cnc2sccc2c1=O. The first kappa shape index (κ1) is 16.6. The van der Waals surface area contributed by atoms with Gasteiger partial charge in [0.05, 0.1) is 17.3 Å². The molecular formula is C15H22N4O2S. The number of hydrogen-bond donors (Lipinski definition) is 2. The molecule has 2 heterocycles. The molecule has 0 fully saturated rings. The van der Waals surface area contributed by atoms with Crippen molar-refractivity contribution in [3.63, 3.8) is 0 Å². The average Bonchev–Trinajstić information content (AvgIpc) is 3.01. The van der Waals surface area contributed by atoms with Crippen molar-refractivity contribution in [1.82, 2.24) is 14.9 Å². The summed E-state index contributed by atoms with van der Waals surface area (Å²) in [7, 11) is 0. The van der Waals surface area contributed by atoms with Gasteiger partial charge in [-0.25, -0.2) is 4.98 Å². The fourth-order valence-electron chi connectivity index (χ4n) is 2.40. The molecule has 22 heavy (non-hydrogen) atoms. The largest absolute Gasteiger partial charge is 0.349 e. The summed E-state index contributed by atoms with van der Waals surface area (Å²) in [5, 5.41) is 5.45. The van der Waals surface area contributed by atoms with Crippen LogP contribution in [-0.2, 0) is 11.3 Å². The van der Waals surface area contributed by atoms with Gasteiger partial charge in [-0.3, -0.25) is 14.2 Å². The minimum Gasteiger partial charge on any atom is -0.349 e. The molecule has 3 N–H and O–H groups in total. The van der Waals surface area contributed by atoms with Crippen molar-refractivity contribution in [2.45, 2.75) is 45.2 Å². The molecule has 0 aliphatic carbocycles. The summed E-state index contributed by atoms with van der Waals surface area (Å²) >= 11 is 1.43. The quantitative estimate of drug-likeness (QED) is 0.808. The van der Waals surface area contributed by atoms with Crippen LogP contribution >= 0.6 is 11.3 Å². The fraction of sp³-hybridized carbons (Fsp3) is 0.533. The van der Waals surface area contributed by atoms with Gasteiger partial charge in [-0.05, 0) is 24.3 Å². The van der Waals surface area contributed by atoms with E-state index >= 15 is 0 Å². The Morgan fingerprint density at radius 2 is 2.18 bits per heavy atom. The molecule has 0 spiro atoms. The third-order valence-electron chi connectivity index (χ3n) is 4.18. The standard InChI is InChI=1S/C15H22N4O2S/c1-3-15(4-2,9-16)18-12(20)5-7-19-10-17-13-11(14(19)21)6-8-22-13/h6,8,10H,3-5,7,9,16H2,1-2H3,(H,18,20). The van der Waals surface area contributed by atoms with E-state index in [-0.39, 0.29) is 23.4 Å². The number of aryl methyl sites for hydroxylation is 1. The molecule has 0 saturated heterocycles. The maximum Gasteiger partial charge on any atom is 0.262 e. The zero-order chi connectivity index (χ0) is 16.2. The van der Waals surface area contributed by atoms with Crippen molar-refractivity contribution in [3.05, 3.63) is 28.1 Å². The van der Waals surface area contributed by atoms with E-state index in [4.69, 9.17) is 5.73 Å². The highest BCUT2D eigenvalue weighted by Crippen LogP contribution is 2.14. The number of carbonyl (C=O) groups excluding carboxylic acids is 1. The molecule has 7 heteroatoms. The summed E-state index contributed by atoms with van der Waals surface area (Å²) in [6, 6.07) is 1.76. The van der Waals surface area contributed by atoms with Gasteiger partial charge in [0.25, 0.3) is 5.56 Å². The molecule has 1 amide bonds. The van der Waals surface area contributed by atoms with Crippen LogP contribution in [0.1, 0.15) is 33.1 Å². The van der Waals surface area contributed by atoms with E-state index in [1.54, 1.807) is 6.07 Å². The van der Waals surface area contributed by atoms with Gasteiger partial charge < -0.3 is 11.1 Å². The van der Waals surface area contributed by atoms with Crippen molar-refractivity contribution in [1.29, 1.82) is 0 Å². The predicted octanol–water partition coefficient (Wildman–Crippen LogP) is 1.48. The highest BCUT2D eigenvalue weighted by Gasteiger charge is 2.25. The number of nitrogens with one attached hydrogen (secondary N) is 1. The third-order valence-corrected chi connectivity index (χ3v) is 5.00. The molecular weight excluding hydrogens is 300 g/mol. The van der Waals surface area contributed by atoms with E-state index in [2.05, 4.69) is 10.3 Å². The van der Waals surface area contributed by atoms with Crippen LogP contribution in [0.15, 0.2) is 22.6 Å². The van der Waals surface area contributed by atoms with Crippen LogP contribution in [0.4, 0.5) is 0 Å². The lowest BCUT2D eigenvalue weighted by molar-refractivity contribution is -0.123. The van der Waals surface area contributed by atoms with E-state index in [1.165, 1.54) is 22.2 Å². The van der Waals surface area contributed by atoms with Gasteiger partial charge in [-0.1, -0.05) is 13.8 Å². The van der Waals surface area contributed by atoms with Crippen molar-refractivity contribution < 1.29 is 4.79 Å². The van der Waals surface area contributed by atoms with Gasteiger partial charge in [0, 0.05) is 19.5 Å². The zero-order valence-corrected chi connectivity index (χ0v) is 13.8. The lowest BCUT2D eigenvalue weighted by Crippen LogP contribution is -2.53. The highest BCUT2D eigenvalue weighted by atomic mass is 32.1. The Morgan fingerprint density at radius 3 is 2.82 bits per heavy atom. The molecule has 0 saturated carbocycles. The number of carbonyl (C=O) groups is 1. The molecule has 2 aromatic rings. The minimum atomic E-state index is -0.350. The monoisotopic (exact) mass is 322 g/mol. The number of nitrogens with zero attached hydrogens (tertiary/aromatic N) is 2. The van der Waals surface area contributed by atoms with Crippen LogP contribution in [0, 0.1) is 0 Å². The fourth-order valence-corrected chi connectivity index (χ4v) is 3.12. The molecule has 2 rings (SSSR count). The molecule has 0 aliphatic heterocycles. The van der Waals surface area contributed by atoms with Crippen LogP contribution in [0.2, 0.25) is 0 Å². The van der Waals surface area contributed by atoms with Crippen LogP contribution in [0.3, 0.4) is 0 Å². The van der Waals surface area contributed by atoms with Gasteiger partial charge in [0.1, 0.15) is 4.83 Å². The summed E-state index contributed by atoms with van der Waals surface area (Å²) < 4.78 is 1.48. The second kappa shape index (κ2) is 7.02. The molecule has 0 aliphatic rings. The normalized spacial score (nSPS) is 11.8. The predicted molar refractivity (Wildman–Crippen MR) is 89.0 cm³/mol. The first-order valence-electron chi connectivity index (χ1n) is 7.49. The van der Waals surface area contributed by atoms with Gasteiger partial charge in [-0.15, -0.1) is 11.3 Å². The smallest absolute Gasteiger partial charge is 0.262 e. The second-order valence-electron chi connectivity index (χ2n) is 5.37. The van der Waals surface area contributed by atoms with Crippen molar-refractivity contribution in [2.24, 2.45) is 5.73 Å². The molecule has 0 aromatic carbocycles. The Hall–Kier alpha value is -1.73. The molecule has 0 radical (unpaired) electrons. The lowest BCUT2D eigenvalue weighted by Gasteiger charge is -2.31. The first-order chi connectivity index (χ1) is 10.5. The molecule has 0 atom stereocenters. The second-order valence-corrected chi connectivity index (χ2v) is 6.27. The number of aromatic nitrogens is 2. The zero-order valence-electron chi connectivity index (χ0n) is 13.0. The number of fused-ring (bicyclic) bond motifs is 1. The van der Waals surface area contributed by atoms with Gasteiger partial charge in [0.2, 0.25) is 5.91 Å². The van der Waals surface area contributed by atoms with E-state index in [1.807, 2.05) is 19.2 Å². The first-order valence-corrected chi connectivity index (χ1v) is 8.37. The number of rotatable bonds is 7. The van der Waals surface area contributed by atoms with Crippen molar-refractivity contribution >= 4 is 27.5 Å². The number of hydrogen-bond acceptors (Lipinski definition) is 5. The Labute approximate surface area is 133 Å². The van der Waals surface area contributed by atoms with Gasteiger partial charge in [0.15, 0.2) is 0 Å². The van der Waals surface area contributed by atoms with E-state index in [0.717, 1.165) is 17.7 Å².